The number of halogens is 2. The van der Waals surface area contributed by atoms with Crippen molar-refractivity contribution in [3.63, 3.8) is 0 Å². The predicted molar refractivity (Wildman–Crippen MR) is 158 cm³/mol. The van der Waals surface area contributed by atoms with Crippen LogP contribution in [0.3, 0.4) is 0 Å². The monoisotopic (exact) mass is 706 g/mol. The van der Waals surface area contributed by atoms with E-state index >= 15 is 0 Å². The van der Waals surface area contributed by atoms with Gasteiger partial charge in [0.2, 0.25) is 0 Å². The Morgan fingerprint density at radius 3 is 1.24 bits per heavy atom. The number of hydrogen-bond donors (Lipinski definition) is 0. The van der Waals surface area contributed by atoms with Crippen LogP contribution in [0.5, 0.6) is 0 Å². The molecule has 0 heterocycles. The van der Waals surface area contributed by atoms with Gasteiger partial charge in [0.15, 0.2) is 0 Å². The van der Waals surface area contributed by atoms with E-state index in [9.17, 15) is 0 Å². The third-order valence-electron chi connectivity index (χ3n) is 6.61. The molecule has 6 rings (SSSR count). The van der Waals surface area contributed by atoms with E-state index < -0.39 is 0 Å². The van der Waals surface area contributed by atoms with Crippen molar-refractivity contribution in [2.45, 2.75) is 46.0 Å². The van der Waals surface area contributed by atoms with Crippen LogP contribution in [0.2, 0.25) is 0 Å². The van der Waals surface area contributed by atoms with Gasteiger partial charge in [-0.25, -0.2) is 0 Å². The van der Waals surface area contributed by atoms with Gasteiger partial charge in [0.1, 0.15) is 0 Å². The van der Waals surface area contributed by atoms with Crippen LogP contribution in [0.25, 0.3) is 43.1 Å². The third kappa shape index (κ3) is 7.59. The second kappa shape index (κ2) is 15.6. The minimum Gasteiger partial charge on any atom is -1.00 e. The number of fused-ring (bicyclic) bond motifs is 6. The van der Waals surface area contributed by atoms with Crippen molar-refractivity contribution in [1.29, 1.82) is 0 Å². The summed E-state index contributed by atoms with van der Waals surface area (Å²) < 4.78 is 0. The quantitative estimate of drug-likeness (QED) is 0.181. The standard InChI is InChI=1S/2C16H15.C3H6.2ClH.Hf/c2*1-11(2)14-9-13-8-7-12-5-3-4-6-15(12)16(13)10-14;1-3-2;;;/h2*3-11H,1-2H3;1-3H2;2*1H;/q2*-1;-2;;;/p-2. The van der Waals surface area contributed by atoms with Gasteiger partial charge < -0.3 is 45.1 Å². The minimum absolute atomic E-state index is 0. The van der Waals surface area contributed by atoms with Gasteiger partial charge in [0.25, 0.3) is 0 Å². The second-order valence-electron chi connectivity index (χ2n) is 9.82. The summed E-state index contributed by atoms with van der Waals surface area (Å²) in [5, 5.41) is 10.9. The Morgan fingerprint density at radius 2 is 0.895 bits per heavy atom. The molecule has 0 saturated heterocycles. The smallest absolute Gasteiger partial charge is 0 e. The van der Waals surface area contributed by atoms with Gasteiger partial charge in [-0.2, -0.15) is 12.1 Å². The molecular formula is C35H36Cl2Hf-6. The molecule has 6 aromatic rings. The maximum atomic E-state index is 3.38. The van der Waals surface area contributed by atoms with Crippen molar-refractivity contribution >= 4 is 43.1 Å². The van der Waals surface area contributed by atoms with E-state index in [1.807, 2.05) is 0 Å². The first-order chi connectivity index (χ1) is 16.9. The zero-order valence-corrected chi connectivity index (χ0v) is 27.9. The Kier molecular flexibility index (Phi) is 14.0. The topological polar surface area (TPSA) is 0 Å². The van der Waals surface area contributed by atoms with Crippen LogP contribution in [0.4, 0.5) is 0 Å². The van der Waals surface area contributed by atoms with Crippen LogP contribution in [0, 0.1) is 13.8 Å². The summed E-state index contributed by atoms with van der Waals surface area (Å²) in [6, 6.07) is 35.4. The molecule has 0 aliphatic rings. The van der Waals surface area contributed by atoms with Crippen LogP contribution < -0.4 is 24.8 Å². The average molecular weight is 706 g/mol. The summed E-state index contributed by atoms with van der Waals surface area (Å²) in [4.78, 5) is 0. The molecule has 0 radical (unpaired) electrons. The van der Waals surface area contributed by atoms with Gasteiger partial charge in [-0.05, 0) is 22.6 Å². The number of hydrogen-bond acceptors (Lipinski definition) is 0. The van der Waals surface area contributed by atoms with Gasteiger partial charge in [-0.3, -0.25) is 0 Å². The maximum Gasteiger partial charge on any atom is 0 e. The van der Waals surface area contributed by atoms with Gasteiger partial charge in [0.05, 0.1) is 0 Å². The molecule has 3 heteroatoms. The molecule has 0 fully saturated rings. The van der Waals surface area contributed by atoms with Crippen molar-refractivity contribution < 1.29 is 50.7 Å². The average Bonchev–Trinajstić information content (AvgIpc) is 3.50. The Hall–Kier alpha value is -1.93. The fourth-order valence-electron chi connectivity index (χ4n) is 4.64. The molecule has 0 N–H and O–H groups in total. The molecule has 0 bridgehead atoms. The Balaban J connectivity index is 0.000000322. The minimum atomic E-state index is 0. The van der Waals surface area contributed by atoms with E-state index in [2.05, 4.69) is 139 Å². The first-order valence-corrected chi connectivity index (χ1v) is 12.7. The summed E-state index contributed by atoms with van der Waals surface area (Å²) in [6.07, 6.45) is 0.750. The summed E-state index contributed by atoms with van der Waals surface area (Å²) in [5.41, 5.74) is 2.87. The van der Waals surface area contributed by atoms with E-state index in [4.69, 9.17) is 0 Å². The SMILES string of the molecule is CC(C)c1cc2c(ccc3ccccc32)[cH-]1.CC(C)c1cc2c(ccc3ccccc32)[cH-]1.[CH2-]C[CH2-].[Cl-].[Cl-].[Hf]. The molecule has 6 aromatic carbocycles. The van der Waals surface area contributed by atoms with Gasteiger partial charge in [-0.1, -0.05) is 99.1 Å². The van der Waals surface area contributed by atoms with E-state index in [1.165, 1.54) is 54.2 Å². The molecule has 0 spiro atoms. The zero-order chi connectivity index (χ0) is 24.9. The van der Waals surface area contributed by atoms with Gasteiger partial charge >= 0.3 is 0 Å². The van der Waals surface area contributed by atoms with Gasteiger partial charge in [0, 0.05) is 25.8 Å². The fraction of sp³-hybridized carbons (Fsp3) is 0.200. The van der Waals surface area contributed by atoms with E-state index in [0.717, 1.165) is 6.42 Å². The second-order valence-corrected chi connectivity index (χ2v) is 9.82. The number of benzene rings is 4. The fourth-order valence-corrected chi connectivity index (χ4v) is 4.64. The van der Waals surface area contributed by atoms with Crippen LogP contribution >= 0.6 is 0 Å². The third-order valence-corrected chi connectivity index (χ3v) is 6.61. The van der Waals surface area contributed by atoms with Crippen LogP contribution in [-0.2, 0) is 25.8 Å². The molecular weight excluding hydrogens is 670 g/mol. The number of rotatable bonds is 2. The van der Waals surface area contributed by atoms with Gasteiger partial charge in [-0.15, -0.1) is 56.9 Å². The summed E-state index contributed by atoms with van der Waals surface area (Å²) in [6.45, 7) is 15.7. The van der Waals surface area contributed by atoms with Crippen LogP contribution in [0.15, 0.2) is 97.1 Å². The normalized spacial score (nSPS) is 10.3. The van der Waals surface area contributed by atoms with Crippen molar-refractivity contribution in [3.8, 4) is 0 Å². The molecule has 200 valence electrons. The summed E-state index contributed by atoms with van der Waals surface area (Å²) in [7, 11) is 0. The molecule has 0 aliphatic heterocycles. The van der Waals surface area contributed by atoms with E-state index in [0.29, 0.717) is 11.8 Å². The largest absolute Gasteiger partial charge is 1.00 e. The summed E-state index contributed by atoms with van der Waals surface area (Å²) in [5.74, 6) is 1.21. The Bertz CT molecular complexity index is 1430. The molecule has 0 atom stereocenters. The Labute approximate surface area is 260 Å². The van der Waals surface area contributed by atoms with Crippen LogP contribution in [0.1, 0.15) is 57.1 Å². The van der Waals surface area contributed by atoms with E-state index in [-0.39, 0.29) is 50.7 Å². The first kappa shape index (κ1) is 34.1. The van der Waals surface area contributed by atoms with Crippen LogP contribution in [-0.4, -0.2) is 0 Å². The molecule has 0 saturated carbocycles. The molecule has 0 aromatic heterocycles. The van der Waals surface area contributed by atoms with E-state index in [1.54, 1.807) is 0 Å². The zero-order valence-electron chi connectivity index (χ0n) is 22.8. The molecule has 0 nitrogen and oxygen atoms in total. The predicted octanol–water partition coefficient (Wildman–Crippen LogP) is 4.72. The summed E-state index contributed by atoms with van der Waals surface area (Å²) >= 11 is 0. The van der Waals surface area contributed by atoms with Crippen molar-refractivity contribution in [2.24, 2.45) is 0 Å². The Morgan fingerprint density at radius 1 is 0.553 bits per heavy atom. The molecule has 0 aliphatic carbocycles. The molecule has 38 heavy (non-hydrogen) atoms. The van der Waals surface area contributed by atoms with Crippen molar-refractivity contribution in [3.05, 3.63) is 122 Å². The molecule has 0 amide bonds. The molecule has 0 unspecified atom stereocenters. The first-order valence-electron chi connectivity index (χ1n) is 12.7. The van der Waals surface area contributed by atoms with Crippen molar-refractivity contribution in [1.82, 2.24) is 0 Å². The maximum absolute atomic E-state index is 3.38. The van der Waals surface area contributed by atoms with Crippen molar-refractivity contribution in [2.75, 3.05) is 0 Å².